The predicted molar refractivity (Wildman–Crippen MR) is 141 cm³/mol. The number of para-hydroxylation sites is 2. The fourth-order valence-corrected chi connectivity index (χ4v) is 5.02. The van der Waals surface area contributed by atoms with Gasteiger partial charge in [0.25, 0.3) is 5.56 Å². The second kappa shape index (κ2) is 10.4. The van der Waals surface area contributed by atoms with Crippen molar-refractivity contribution in [3.63, 3.8) is 0 Å². The molecule has 0 aliphatic carbocycles. The molecular formula is C28H32FN5O4. The zero-order chi connectivity index (χ0) is 26.9. The van der Waals surface area contributed by atoms with Gasteiger partial charge in [-0.15, -0.1) is 0 Å². The Labute approximate surface area is 219 Å². The molecular weight excluding hydrogens is 489 g/mol. The van der Waals surface area contributed by atoms with Crippen molar-refractivity contribution in [2.24, 2.45) is 0 Å². The fraction of sp³-hybridized carbons (Fsp3) is 0.393. The molecule has 3 N–H and O–H groups in total. The van der Waals surface area contributed by atoms with E-state index in [2.05, 4.69) is 15.1 Å². The van der Waals surface area contributed by atoms with Crippen molar-refractivity contribution < 1.29 is 19.0 Å². The van der Waals surface area contributed by atoms with Gasteiger partial charge in [0.2, 0.25) is 11.7 Å². The number of hydrogen-bond acceptors (Lipinski definition) is 5. The molecule has 1 atom stereocenters. The Kier molecular flexibility index (Phi) is 7.07. The first-order chi connectivity index (χ1) is 18.2. The number of nitrogens with zero attached hydrogens (tertiary/aromatic N) is 3. The molecule has 1 aliphatic heterocycles. The number of ether oxygens (including phenoxy) is 1. The fourth-order valence-electron chi connectivity index (χ4n) is 5.02. The maximum Gasteiger partial charge on any atom is 0.412 e. The van der Waals surface area contributed by atoms with Gasteiger partial charge in [-0.2, -0.15) is 4.68 Å². The third-order valence-electron chi connectivity index (χ3n) is 6.88. The molecule has 3 heterocycles. The number of amides is 1. The molecule has 9 nitrogen and oxygen atoms in total. The van der Waals surface area contributed by atoms with Crippen molar-refractivity contribution >= 4 is 17.1 Å². The van der Waals surface area contributed by atoms with Crippen LogP contribution < -0.4 is 5.56 Å². The SMILES string of the molecule is CC(C)(O)OC(=O)N1CCCCC1Cc1[nH]n(-c2nc3ccccc3[nH]2)c(=O)c1CCc1ccc(F)cc1. The number of hydrogen-bond donors (Lipinski definition) is 3. The Hall–Kier alpha value is -3.92. The molecule has 0 spiro atoms. The third-order valence-corrected chi connectivity index (χ3v) is 6.88. The molecule has 4 aromatic rings. The lowest BCUT2D eigenvalue weighted by atomic mass is 9.95. The Morgan fingerprint density at radius 2 is 1.92 bits per heavy atom. The number of nitrogens with one attached hydrogen (secondary N) is 2. The maximum atomic E-state index is 13.7. The number of benzene rings is 2. The van der Waals surface area contributed by atoms with Gasteiger partial charge in [-0.3, -0.25) is 9.89 Å². The maximum absolute atomic E-state index is 13.7. The number of likely N-dealkylation sites (tertiary alicyclic amines) is 1. The van der Waals surface area contributed by atoms with E-state index in [-0.39, 0.29) is 17.4 Å². The van der Waals surface area contributed by atoms with E-state index < -0.39 is 11.9 Å². The van der Waals surface area contributed by atoms with Gasteiger partial charge < -0.3 is 19.7 Å². The molecule has 0 saturated carbocycles. The highest BCUT2D eigenvalue weighted by Gasteiger charge is 2.32. The number of aromatic amines is 2. The number of piperidine rings is 1. The molecule has 1 aliphatic rings. The van der Waals surface area contributed by atoms with E-state index in [4.69, 9.17) is 4.74 Å². The van der Waals surface area contributed by atoms with Crippen LogP contribution in [-0.2, 0) is 24.0 Å². The van der Waals surface area contributed by atoms with E-state index >= 15 is 0 Å². The van der Waals surface area contributed by atoms with Crippen LogP contribution in [0.25, 0.3) is 17.0 Å². The summed E-state index contributed by atoms with van der Waals surface area (Å²) in [6.07, 6.45) is 3.36. The van der Waals surface area contributed by atoms with Crippen molar-refractivity contribution in [2.45, 2.75) is 64.2 Å². The monoisotopic (exact) mass is 521 g/mol. The summed E-state index contributed by atoms with van der Waals surface area (Å²) in [6, 6.07) is 13.6. The standard InChI is InChI=1S/C28H32FN5O4/c1-28(2,37)38-27(36)33-16-6-5-7-20(33)17-24-21(15-12-18-10-13-19(29)14-11-18)25(35)34(32-24)26-30-22-8-3-4-9-23(22)31-26/h3-4,8-11,13-14,20,32,37H,5-7,12,15-17H2,1-2H3,(H,30,31). The summed E-state index contributed by atoms with van der Waals surface area (Å²) in [5.74, 6) is -1.51. The van der Waals surface area contributed by atoms with E-state index in [9.17, 15) is 19.1 Å². The van der Waals surface area contributed by atoms with Gasteiger partial charge in [0.15, 0.2) is 0 Å². The lowest BCUT2D eigenvalue weighted by Gasteiger charge is -2.36. The molecule has 0 radical (unpaired) electrons. The molecule has 1 unspecified atom stereocenters. The van der Waals surface area contributed by atoms with Crippen LogP contribution in [0.2, 0.25) is 0 Å². The highest BCUT2D eigenvalue weighted by Crippen LogP contribution is 2.24. The summed E-state index contributed by atoms with van der Waals surface area (Å²) in [5, 5.41) is 13.3. The highest BCUT2D eigenvalue weighted by atomic mass is 19.1. The lowest BCUT2D eigenvalue weighted by Crippen LogP contribution is -2.47. The Morgan fingerprint density at radius 1 is 1.16 bits per heavy atom. The van der Waals surface area contributed by atoms with E-state index in [1.54, 1.807) is 17.0 Å². The minimum Gasteiger partial charge on any atom is -0.418 e. The summed E-state index contributed by atoms with van der Waals surface area (Å²) < 4.78 is 20.1. The predicted octanol–water partition coefficient (Wildman–Crippen LogP) is 4.23. The number of H-pyrrole nitrogens is 2. The van der Waals surface area contributed by atoms with Gasteiger partial charge in [0.05, 0.1) is 11.0 Å². The summed E-state index contributed by atoms with van der Waals surface area (Å²) in [6.45, 7) is 3.35. The number of halogens is 1. The van der Waals surface area contributed by atoms with Crippen LogP contribution in [0.3, 0.4) is 0 Å². The average Bonchev–Trinajstić information content (AvgIpc) is 3.44. The normalized spacial score (nSPS) is 16.2. The molecule has 1 fully saturated rings. The van der Waals surface area contributed by atoms with Gasteiger partial charge in [-0.1, -0.05) is 24.3 Å². The van der Waals surface area contributed by atoms with Crippen LogP contribution in [0.1, 0.15) is 49.9 Å². The summed E-state index contributed by atoms with van der Waals surface area (Å²) in [4.78, 5) is 35.9. The van der Waals surface area contributed by atoms with Crippen LogP contribution in [0.4, 0.5) is 9.18 Å². The van der Waals surface area contributed by atoms with Gasteiger partial charge >= 0.3 is 6.09 Å². The molecule has 1 saturated heterocycles. The van der Waals surface area contributed by atoms with E-state index in [0.29, 0.717) is 43.0 Å². The van der Waals surface area contributed by atoms with E-state index in [0.717, 1.165) is 35.9 Å². The lowest BCUT2D eigenvalue weighted by molar-refractivity contribution is -0.142. The van der Waals surface area contributed by atoms with Gasteiger partial charge in [0.1, 0.15) is 5.82 Å². The third kappa shape index (κ3) is 5.65. The number of aliphatic hydroxyl groups is 1. The van der Waals surface area contributed by atoms with Crippen molar-refractivity contribution in [2.75, 3.05) is 6.54 Å². The number of fused-ring (bicyclic) bond motifs is 1. The molecule has 38 heavy (non-hydrogen) atoms. The minimum atomic E-state index is -1.58. The Balaban J connectivity index is 1.48. The zero-order valence-corrected chi connectivity index (χ0v) is 21.5. The highest BCUT2D eigenvalue weighted by molar-refractivity contribution is 5.75. The first-order valence-corrected chi connectivity index (χ1v) is 12.9. The smallest absolute Gasteiger partial charge is 0.412 e. The van der Waals surface area contributed by atoms with Crippen LogP contribution in [0, 0.1) is 5.82 Å². The molecule has 1 amide bonds. The number of carbonyl (C=O) groups is 1. The van der Waals surface area contributed by atoms with Crippen LogP contribution in [-0.4, -0.2) is 54.2 Å². The van der Waals surface area contributed by atoms with E-state index in [1.165, 1.54) is 30.7 Å². The van der Waals surface area contributed by atoms with E-state index in [1.807, 2.05) is 24.3 Å². The molecule has 2 aromatic carbocycles. The Bertz CT molecular complexity index is 1450. The summed E-state index contributed by atoms with van der Waals surface area (Å²) >= 11 is 0. The van der Waals surface area contributed by atoms with Crippen molar-refractivity contribution in [3.05, 3.63) is 81.5 Å². The first-order valence-electron chi connectivity index (χ1n) is 12.9. The van der Waals surface area contributed by atoms with Crippen LogP contribution >= 0.6 is 0 Å². The molecule has 10 heteroatoms. The second-order valence-corrected chi connectivity index (χ2v) is 10.3. The van der Waals surface area contributed by atoms with Gasteiger partial charge in [0, 0.05) is 44.1 Å². The second-order valence-electron chi connectivity index (χ2n) is 10.3. The largest absolute Gasteiger partial charge is 0.418 e. The minimum absolute atomic E-state index is 0.203. The van der Waals surface area contributed by atoms with Crippen LogP contribution in [0.15, 0.2) is 53.3 Å². The van der Waals surface area contributed by atoms with Crippen molar-refractivity contribution in [1.82, 2.24) is 24.6 Å². The van der Waals surface area contributed by atoms with Crippen molar-refractivity contribution in [3.8, 4) is 5.95 Å². The number of aryl methyl sites for hydroxylation is 1. The number of imidazole rings is 1. The number of carbonyl (C=O) groups excluding carboxylic acids is 1. The molecule has 200 valence electrons. The first kappa shape index (κ1) is 25.7. The number of aromatic nitrogens is 4. The molecule has 0 bridgehead atoms. The average molecular weight is 522 g/mol. The summed E-state index contributed by atoms with van der Waals surface area (Å²) in [5.41, 5.74) is 3.56. The van der Waals surface area contributed by atoms with Crippen LogP contribution in [0.5, 0.6) is 0 Å². The van der Waals surface area contributed by atoms with Gasteiger partial charge in [-0.25, -0.2) is 14.2 Å². The summed E-state index contributed by atoms with van der Waals surface area (Å²) in [7, 11) is 0. The number of rotatable bonds is 7. The topological polar surface area (TPSA) is 116 Å². The molecule has 5 rings (SSSR count). The van der Waals surface area contributed by atoms with Crippen molar-refractivity contribution in [1.29, 1.82) is 0 Å². The Morgan fingerprint density at radius 3 is 2.66 bits per heavy atom. The molecule has 2 aromatic heterocycles. The quantitative estimate of drug-likeness (QED) is 0.315. The zero-order valence-electron chi connectivity index (χ0n) is 21.5. The van der Waals surface area contributed by atoms with Gasteiger partial charge in [-0.05, 0) is 61.9 Å².